The molecular weight excluding hydrogens is 318 g/mol. The molecule has 0 saturated carbocycles. The predicted octanol–water partition coefficient (Wildman–Crippen LogP) is 3.29. The van der Waals surface area contributed by atoms with Gasteiger partial charge in [0.25, 0.3) is 0 Å². The minimum atomic E-state index is -0.0143. The van der Waals surface area contributed by atoms with Gasteiger partial charge in [-0.05, 0) is 36.4 Å². The molecule has 5 heteroatoms. The molecule has 2 rings (SSSR count). The minimum absolute atomic E-state index is 0.0143. The fourth-order valence-electron chi connectivity index (χ4n) is 2.53. The smallest absolute Gasteiger partial charge is 0.0853 e. The van der Waals surface area contributed by atoms with Crippen molar-refractivity contribution in [1.29, 1.82) is 0 Å². The van der Waals surface area contributed by atoms with Gasteiger partial charge in [-0.25, -0.2) is 0 Å². The number of aliphatic hydroxyl groups excluding tert-OH is 1. The second kappa shape index (κ2) is 10.4. The molecule has 0 aliphatic carbocycles. The van der Waals surface area contributed by atoms with Crippen LogP contribution >= 0.6 is 11.8 Å². The number of thioether (sulfide) groups is 1. The predicted molar refractivity (Wildman–Crippen MR) is 101 cm³/mol. The fourth-order valence-corrected chi connectivity index (χ4v) is 3.21. The van der Waals surface area contributed by atoms with E-state index in [2.05, 4.69) is 41.9 Å². The van der Waals surface area contributed by atoms with Crippen LogP contribution in [-0.4, -0.2) is 38.0 Å². The molecule has 0 fully saturated rings. The summed E-state index contributed by atoms with van der Waals surface area (Å²) in [5.41, 5.74) is 3.96. The average Bonchev–Trinajstić information content (AvgIpc) is 2.62. The van der Waals surface area contributed by atoms with E-state index in [0.29, 0.717) is 0 Å². The number of rotatable bonds is 10. The third kappa shape index (κ3) is 6.23. The largest absolute Gasteiger partial charge is 0.390 e. The first kappa shape index (κ1) is 18.9. The molecule has 2 heterocycles. The van der Waals surface area contributed by atoms with Crippen LogP contribution in [0.2, 0.25) is 0 Å². The number of hydrogen-bond donors (Lipinski definition) is 1. The van der Waals surface area contributed by atoms with E-state index in [9.17, 15) is 5.11 Å². The first-order valence-electron chi connectivity index (χ1n) is 8.55. The summed E-state index contributed by atoms with van der Waals surface area (Å²) in [6.07, 6.45) is 0.958. The lowest BCUT2D eigenvalue weighted by atomic mass is 10.2. The van der Waals surface area contributed by atoms with Gasteiger partial charge in [-0.1, -0.05) is 26.0 Å². The lowest BCUT2D eigenvalue weighted by molar-refractivity contribution is 0.261. The number of aliphatic hydroxyl groups is 1. The molecule has 1 N–H and O–H groups in total. The van der Waals surface area contributed by atoms with E-state index in [-0.39, 0.29) is 6.61 Å². The van der Waals surface area contributed by atoms with Gasteiger partial charge in [0.2, 0.25) is 0 Å². The second-order valence-corrected chi connectivity index (χ2v) is 7.05. The number of aryl methyl sites for hydroxylation is 1. The quantitative estimate of drug-likeness (QED) is 0.670. The van der Waals surface area contributed by atoms with Gasteiger partial charge >= 0.3 is 0 Å². The van der Waals surface area contributed by atoms with Gasteiger partial charge in [0.1, 0.15) is 0 Å². The van der Waals surface area contributed by atoms with Crippen LogP contribution in [0.25, 0.3) is 0 Å². The molecule has 0 saturated heterocycles. The van der Waals surface area contributed by atoms with Gasteiger partial charge in [0.15, 0.2) is 0 Å². The lowest BCUT2D eigenvalue weighted by Gasteiger charge is -2.22. The average molecular weight is 346 g/mol. The molecule has 0 bridgehead atoms. The van der Waals surface area contributed by atoms with Crippen LogP contribution in [0.5, 0.6) is 0 Å². The summed E-state index contributed by atoms with van der Waals surface area (Å²) in [5.74, 6) is 2.24. The van der Waals surface area contributed by atoms with Crippen molar-refractivity contribution in [2.75, 3.05) is 18.1 Å². The highest BCUT2D eigenvalue weighted by Gasteiger charge is 2.10. The van der Waals surface area contributed by atoms with Crippen molar-refractivity contribution >= 4 is 11.8 Å². The van der Waals surface area contributed by atoms with E-state index >= 15 is 0 Å². The van der Waals surface area contributed by atoms with Gasteiger partial charge < -0.3 is 5.11 Å². The van der Waals surface area contributed by atoms with Crippen molar-refractivity contribution in [3.8, 4) is 0 Å². The van der Waals surface area contributed by atoms with E-state index < -0.39 is 0 Å². The third-order valence-electron chi connectivity index (χ3n) is 3.78. The molecule has 0 radical (unpaired) electrons. The molecule has 4 nitrogen and oxygen atoms in total. The van der Waals surface area contributed by atoms with Gasteiger partial charge in [0, 0.05) is 31.1 Å². The topological polar surface area (TPSA) is 49.2 Å². The Bertz CT molecular complexity index is 572. The van der Waals surface area contributed by atoms with Crippen LogP contribution in [0.1, 0.15) is 36.6 Å². The van der Waals surface area contributed by atoms with Gasteiger partial charge in [-0.15, -0.1) is 0 Å². The highest BCUT2D eigenvalue weighted by molar-refractivity contribution is 7.99. The van der Waals surface area contributed by atoms with E-state index in [1.54, 1.807) is 0 Å². The van der Waals surface area contributed by atoms with Gasteiger partial charge in [0.05, 0.1) is 23.7 Å². The maximum absolute atomic E-state index is 9.27. The molecule has 0 unspecified atom stereocenters. The first-order valence-corrected chi connectivity index (χ1v) is 9.71. The molecule has 130 valence electrons. The van der Waals surface area contributed by atoms with Crippen LogP contribution in [0.15, 0.2) is 36.4 Å². The third-order valence-corrected chi connectivity index (χ3v) is 4.66. The summed E-state index contributed by atoms with van der Waals surface area (Å²) in [5, 5.41) is 9.27. The number of hydrogen-bond acceptors (Lipinski definition) is 5. The SMILES string of the molecule is CCSCCN(Cc1cccc(CC)n1)Cc1cccc(CO)n1. The monoisotopic (exact) mass is 345 g/mol. The Morgan fingerprint density at radius 2 is 1.50 bits per heavy atom. The Morgan fingerprint density at radius 1 is 0.917 bits per heavy atom. The zero-order chi connectivity index (χ0) is 17.2. The van der Waals surface area contributed by atoms with Crippen molar-refractivity contribution in [2.45, 2.75) is 40.0 Å². The van der Waals surface area contributed by atoms with Crippen molar-refractivity contribution in [3.63, 3.8) is 0 Å². The standard InChI is InChI=1S/C19H27N3OS/c1-3-16-7-5-8-17(20-16)13-22(11-12-24-4-2)14-18-9-6-10-19(15-23)21-18/h5-10,23H,3-4,11-15H2,1-2H3. The summed E-state index contributed by atoms with van der Waals surface area (Å²) in [6.45, 7) is 6.90. The van der Waals surface area contributed by atoms with E-state index in [1.807, 2.05) is 30.0 Å². The van der Waals surface area contributed by atoms with Crippen LogP contribution in [-0.2, 0) is 26.1 Å². The number of aromatic nitrogens is 2. The van der Waals surface area contributed by atoms with E-state index in [0.717, 1.165) is 60.3 Å². The molecule has 0 amide bonds. The summed E-state index contributed by atoms with van der Waals surface area (Å²) in [7, 11) is 0. The zero-order valence-corrected chi connectivity index (χ0v) is 15.4. The minimum Gasteiger partial charge on any atom is -0.390 e. The zero-order valence-electron chi connectivity index (χ0n) is 14.6. The molecule has 2 aromatic heterocycles. The summed E-state index contributed by atoms with van der Waals surface area (Å²) >= 11 is 1.95. The Morgan fingerprint density at radius 3 is 2.08 bits per heavy atom. The lowest BCUT2D eigenvalue weighted by Crippen LogP contribution is -2.26. The first-order chi connectivity index (χ1) is 11.7. The summed E-state index contributed by atoms with van der Waals surface area (Å²) < 4.78 is 0. The Balaban J connectivity index is 2.07. The van der Waals surface area contributed by atoms with Crippen LogP contribution in [0, 0.1) is 0 Å². The Kier molecular flexibility index (Phi) is 8.22. The van der Waals surface area contributed by atoms with Gasteiger partial charge in [-0.2, -0.15) is 11.8 Å². The van der Waals surface area contributed by atoms with Crippen LogP contribution in [0.4, 0.5) is 0 Å². The number of pyridine rings is 2. The molecule has 0 aliphatic heterocycles. The Labute approximate surface area is 149 Å². The van der Waals surface area contributed by atoms with Gasteiger partial charge in [-0.3, -0.25) is 14.9 Å². The molecule has 2 aromatic rings. The molecule has 0 aliphatic rings. The summed E-state index contributed by atoms with van der Waals surface area (Å²) in [6, 6.07) is 12.1. The molecule has 0 spiro atoms. The van der Waals surface area contributed by atoms with Crippen molar-refractivity contribution in [2.24, 2.45) is 0 Å². The fraction of sp³-hybridized carbons (Fsp3) is 0.474. The molecular formula is C19H27N3OS. The molecule has 24 heavy (non-hydrogen) atoms. The highest BCUT2D eigenvalue weighted by Crippen LogP contribution is 2.11. The maximum Gasteiger partial charge on any atom is 0.0853 e. The molecule has 0 atom stereocenters. The van der Waals surface area contributed by atoms with Crippen LogP contribution < -0.4 is 0 Å². The summed E-state index contributed by atoms with van der Waals surface area (Å²) in [4.78, 5) is 11.6. The normalized spacial score (nSPS) is 11.2. The van der Waals surface area contributed by atoms with E-state index in [4.69, 9.17) is 4.98 Å². The van der Waals surface area contributed by atoms with Crippen molar-refractivity contribution in [1.82, 2.24) is 14.9 Å². The van der Waals surface area contributed by atoms with Crippen LogP contribution in [0.3, 0.4) is 0 Å². The van der Waals surface area contributed by atoms with E-state index in [1.165, 1.54) is 0 Å². The maximum atomic E-state index is 9.27. The van der Waals surface area contributed by atoms with Crippen molar-refractivity contribution in [3.05, 3.63) is 59.2 Å². The molecule has 0 aromatic carbocycles. The highest BCUT2D eigenvalue weighted by atomic mass is 32.2. The number of nitrogens with zero attached hydrogens (tertiary/aromatic N) is 3. The second-order valence-electron chi connectivity index (χ2n) is 5.66. The Hall–Kier alpha value is -1.43. The van der Waals surface area contributed by atoms with Crippen molar-refractivity contribution < 1.29 is 5.11 Å².